The number of nitrogens with zero attached hydrogens (tertiary/aromatic N) is 1. The molecule has 1 aromatic rings. The fraction of sp³-hybridized carbons (Fsp3) is 0.462. The maximum absolute atomic E-state index is 14.0. The number of rotatable bonds is 5. The Morgan fingerprint density at radius 2 is 2.00 bits per heavy atom. The molecule has 0 unspecified atom stereocenters. The zero-order valence-electron chi connectivity index (χ0n) is 11.3. The third kappa shape index (κ3) is 2.91. The second kappa shape index (κ2) is 5.69. The number of halogens is 2. The van der Waals surface area contributed by atoms with Crippen molar-refractivity contribution in [1.29, 1.82) is 0 Å². The molecule has 0 atom stereocenters. The Balaban J connectivity index is 2.39. The van der Waals surface area contributed by atoms with E-state index in [4.69, 9.17) is 5.11 Å². The van der Waals surface area contributed by atoms with Crippen molar-refractivity contribution < 1.29 is 27.1 Å². The maximum Gasteiger partial charge on any atom is 0.341 e. The molecule has 0 saturated heterocycles. The van der Waals surface area contributed by atoms with Gasteiger partial charge in [0.05, 0.1) is 0 Å². The molecule has 2 rings (SSSR count). The van der Waals surface area contributed by atoms with Crippen molar-refractivity contribution in [2.45, 2.75) is 24.2 Å². The van der Waals surface area contributed by atoms with Gasteiger partial charge in [-0.15, -0.1) is 0 Å². The average Bonchev–Trinajstić information content (AvgIpc) is 2.32. The Kier molecular flexibility index (Phi) is 4.29. The summed E-state index contributed by atoms with van der Waals surface area (Å²) in [6, 6.07) is 1.40. The highest BCUT2D eigenvalue weighted by Gasteiger charge is 2.31. The van der Waals surface area contributed by atoms with Crippen molar-refractivity contribution >= 4 is 16.0 Å². The number of aromatic carboxylic acids is 1. The third-order valence-corrected chi connectivity index (χ3v) is 5.54. The lowest BCUT2D eigenvalue weighted by Crippen LogP contribution is -2.35. The molecule has 1 N–H and O–H groups in total. The van der Waals surface area contributed by atoms with Crippen LogP contribution in [0.5, 0.6) is 0 Å². The first-order chi connectivity index (χ1) is 9.75. The summed E-state index contributed by atoms with van der Waals surface area (Å²) in [5.74, 6) is -4.49. The molecule has 1 aliphatic carbocycles. The van der Waals surface area contributed by atoms with Gasteiger partial charge in [0.2, 0.25) is 10.0 Å². The Hall–Kier alpha value is -1.54. The van der Waals surface area contributed by atoms with Crippen LogP contribution in [-0.2, 0) is 10.0 Å². The number of sulfonamides is 1. The second-order valence-corrected chi connectivity index (χ2v) is 7.14. The molecule has 1 fully saturated rings. The number of benzene rings is 1. The summed E-state index contributed by atoms with van der Waals surface area (Å²) >= 11 is 0. The summed E-state index contributed by atoms with van der Waals surface area (Å²) in [4.78, 5) is 10.0. The fourth-order valence-electron chi connectivity index (χ4n) is 2.23. The average molecular weight is 319 g/mol. The lowest BCUT2D eigenvalue weighted by atomic mass is 9.86. The van der Waals surface area contributed by atoms with E-state index in [0.717, 1.165) is 29.6 Å². The molecule has 0 heterocycles. The smallest absolute Gasteiger partial charge is 0.341 e. The highest BCUT2D eigenvalue weighted by atomic mass is 32.2. The third-order valence-electron chi connectivity index (χ3n) is 3.70. The fourth-order valence-corrected chi connectivity index (χ4v) is 3.55. The van der Waals surface area contributed by atoms with E-state index in [-0.39, 0.29) is 12.5 Å². The van der Waals surface area contributed by atoms with Crippen LogP contribution in [-0.4, -0.2) is 37.4 Å². The van der Waals surface area contributed by atoms with E-state index in [1.54, 1.807) is 0 Å². The van der Waals surface area contributed by atoms with Crippen molar-refractivity contribution in [2.75, 3.05) is 13.6 Å². The zero-order valence-corrected chi connectivity index (χ0v) is 12.2. The Morgan fingerprint density at radius 1 is 1.38 bits per heavy atom. The molecule has 8 heteroatoms. The van der Waals surface area contributed by atoms with E-state index in [1.165, 1.54) is 7.05 Å². The number of hydrogen-bond donors (Lipinski definition) is 1. The van der Waals surface area contributed by atoms with Crippen LogP contribution in [0.1, 0.15) is 29.6 Å². The first-order valence-electron chi connectivity index (χ1n) is 6.42. The van der Waals surface area contributed by atoms with Crippen LogP contribution in [0.4, 0.5) is 8.78 Å². The molecule has 0 spiro atoms. The summed E-state index contributed by atoms with van der Waals surface area (Å²) in [5.41, 5.74) is -1.26. The predicted octanol–water partition coefficient (Wildman–Crippen LogP) is 2.08. The molecule has 0 amide bonds. The van der Waals surface area contributed by atoms with Crippen molar-refractivity contribution in [2.24, 2.45) is 5.92 Å². The number of hydrogen-bond acceptors (Lipinski definition) is 3. The zero-order chi connectivity index (χ0) is 15.8. The number of carbonyl (C=O) groups is 1. The van der Waals surface area contributed by atoms with Crippen LogP contribution >= 0.6 is 0 Å². The Bertz CT molecular complexity index is 671. The van der Waals surface area contributed by atoms with Gasteiger partial charge in [-0.3, -0.25) is 0 Å². The van der Waals surface area contributed by atoms with E-state index in [9.17, 15) is 22.0 Å². The normalized spacial score (nSPS) is 16.0. The van der Waals surface area contributed by atoms with Crippen molar-refractivity contribution in [1.82, 2.24) is 4.31 Å². The summed E-state index contributed by atoms with van der Waals surface area (Å²) in [6.45, 7) is 0.238. The van der Waals surface area contributed by atoms with Crippen molar-refractivity contribution in [3.63, 3.8) is 0 Å². The molecule has 0 bridgehead atoms. The van der Waals surface area contributed by atoms with Crippen LogP contribution in [0.2, 0.25) is 0 Å². The van der Waals surface area contributed by atoms with Gasteiger partial charge >= 0.3 is 5.97 Å². The Labute approximate surface area is 121 Å². The SMILES string of the molecule is CN(CC1CCC1)S(=O)(=O)c1ccc(F)c(C(=O)O)c1F. The molecule has 116 valence electrons. The van der Waals surface area contributed by atoms with Gasteiger partial charge in [-0.1, -0.05) is 6.42 Å². The van der Waals surface area contributed by atoms with Crippen LogP contribution in [0.3, 0.4) is 0 Å². The summed E-state index contributed by atoms with van der Waals surface area (Å²) < 4.78 is 52.9. The summed E-state index contributed by atoms with van der Waals surface area (Å²) in [5, 5.41) is 8.78. The lowest BCUT2D eigenvalue weighted by molar-refractivity contribution is 0.0685. The van der Waals surface area contributed by atoms with Gasteiger partial charge in [0.1, 0.15) is 16.3 Å². The van der Waals surface area contributed by atoms with Gasteiger partial charge < -0.3 is 5.11 Å². The molecule has 5 nitrogen and oxygen atoms in total. The minimum absolute atomic E-state index is 0.229. The van der Waals surface area contributed by atoms with Crippen molar-refractivity contribution in [3.05, 3.63) is 29.3 Å². The van der Waals surface area contributed by atoms with Crippen LogP contribution < -0.4 is 0 Å². The van der Waals surface area contributed by atoms with E-state index >= 15 is 0 Å². The first kappa shape index (κ1) is 15.8. The minimum Gasteiger partial charge on any atom is -0.477 e. The number of carboxylic acids is 1. The predicted molar refractivity (Wildman–Crippen MR) is 70.5 cm³/mol. The van der Waals surface area contributed by atoms with E-state index in [0.29, 0.717) is 6.07 Å². The monoisotopic (exact) mass is 319 g/mol. The Morgan fingerprint density at radius 3 is 2.48 bits per heavy atom. The molecule has 0 radical (unpaired) electrons. The lowest BCUT2D eigenvalue weighted by Gasteiger charge is -2.29. The van der Waals surface area contributed by atoms with Gasteiger partial charge in [-0.25, -0.2) is 26.3 Å². The van der Waals surface area contributed by atoms with Gasteiger partial charge in [-0.2, -0.15) is 0 Å². The highest BCUT2D eigenvalue weighted by Crippen LogP contribution is 2.29. The molecule has 0 aromatic heterocycles. The minimum atomic E-state index is -4.19. The summed E-state index contributed by atoms with van der Waals surface area (Å²) in [6.07, 6.45) is 2.85. The number of carboxylic acid groups (broad SMARTS) is 1. The van der Waals surface area contributed by atoms with E-state index < -0.39 is 38.1 Å². The van der Waals surface area contributed by atoms with Crippen molar-refractivity contribution in [3.8, 4) is 0 Å². The molecule has 0 aliphatic heterocycles. The molecule has 1 saturated carbocycles. The highest BCUT2D eigenvalue weighted by molar-refractivity contribution is 7.89. The van der Waals surface area contributed by atoms with Gasteiger partial charge in [0.15, 0.2) is 5.82 Å². The maximum atomic E-state index is 14.0. The largest absolute Gasteiger partial charge is 0.477 e. The molecular formula is C13H15F2NO4S. The van der Waals surface area contributed by atoms with Crippen LogP contribution in [0.25, 0.3) is 0 Å². The standard InChI is InChI=1S/C13H15F2NO4S/c1-16(7-8-3-2-4-8)21(19,20)10-6-5-9(14)11(12(10)15)13(17)18/h5-6,8H,2-4,7H2,1H3,(H,17,18). The second-order valence-electron chi connectivity index (χ2n) is 5.12. The van der Waals surface area contributed by atoms with E-state index in [1.807, 2.05) is 0 Å². The molecule has 1 aliphatic rings. The van der Waals surface area contributed by atoms with Gasteiger partial charge in [0.25, 0.3) is 0 Å². The van der Waals surface area contributed by atoms with Gasteiger partial charge in [0, 0.05) is 13.6 Å². The summed E-state index contributed by atoms with van der Waals surface area (Å²) in [7, 11) is -2.88. The van der Waals surface area contributed by atoms with Crippen LogP contribution in [0, 0.1) is 17.6 Å². The molecular weight excluding hydrogens is 304 g/mol. The van der Waals surface area contributed by atoms with E-state index in [2.05, 4.69) is 0 Å². The van der Waals surface area contributed by atoms with Gasteiger partial charge in [-0.05, 0) is 30.9 Å². The van der Waals surface area contributed by atoms with Crippen LogP contribution in [0.15, 0.2) is 17.0 Å². The quantitative estimate of drug-likeness (QED) is 0.902. The molecule has 1 aromatic carbocycles. The topological polar surface area (TPSA) is 74.7 Å². The molecule has 21 heavy (non-hydrogen) atoms. The first-order valence-corrected chi connectivity index (χ1v) is 7.86.